The van der Waals surface area contributed by atoms with Gasteiger partial charge in [-0.3, -0.25) is 0 Å². The van der Waals surface area contributed by atoms with Gasteiger partial charge in [0.25, 0.3) is 0 Å². The first-order valence-corrected chi connectivity index (χ1v) is 15.5. The van der Waals surface area contributed by atoms with E-state index < -0.39 is 28.6 Å². The number of benzene rings is 4. The Balaban J connectivity index is 0.000000372. The van der Waals surface area contributed by atoms with Crippen molar-refractivity contribution in [1.82, 2.24) is 0 Å². The average Bonchev–Trinajstić information content (AvgIpc) is 2.95. The first kappa shape index (κ1) is 32.4. The van der Waals surface area contributed by atoms with Gasteiger partial charge in [0, 0.05) is 12.0 Å². The third kappa shape index (κ3) is 9.40. The third-order valence-electron chi connectivity index (χ3n) is 6.23. The van der Waals surface area contributed by atoms with Crippen LogP contribution in [0.5, 0.6) is 0 Å². The van der Waals surface area contributed by atoms with Gasteiger partial charge in [-0.05, 0) is 45.8 Å². The van der Waals surface area contributed by atoms with Gasteiger partial charge < -0.3 is 24.7 Å². The molecule has 3 N–H and O–H groups in total. The zero-order valence-electron chi connectivity index (χ0n) is 22.0. The van der Waals surface area contributed by atoms with Gasteiger partial charge >= 0.3 is 27.0 Å². The Kier molecular flexibility index (Phi) is 13.5. The quantitative estimate of drug-likeness (QED) is 0.161. The van der Waals surface area contributed by atoms with Crippen LogP contribution in [-0.2, 0) is 36.4 Å². The van der Waals surface area contributed by atoms with Gasteiger partial charge in [0.1, 0.15) is 0 Å². The predicted molar refractivity (Wildman–Crippen MR) is 155 cm³/mol. The van der Waals surface area contributed by atoms with E-state index in [0.29, 0.717) is 11.5 Å². The SMILES string of the molecule is Cc1ccc(C(C)C)cc1.[Cl][Ru+2].[NH-]C(=O)c1ccc([S-](=O)=O)c([C@H](c2ccccc2)[C@H](N)c2ccccc2)c1. The minimum atomic E-state index is -2.51. The molecule has 0 fully saturated rings. The summed E-state index contributed by atoms with van der Waals surface area (Å²) in [5, 5.41) is 0. The van der Waals surface area contributed by atoms with Crippen LogP contribution in [0.1, 0.15) is 69.9 Å². The fourth-order valence-electron chi connectivity index (χ4n) is 4.14. The van der Waals surface area contributed by atoms with Crippen LogP contribution in [-0.4, -0.2) is 5.91 Å². The van der Waals surface area contributed by atoms with Crippen LogP contribution in [0.3, 0.4) is 0 Å². The van der Waals surface area contributed by atoms with Crippen molar-refractivity contribution in [3.8, 4) is 0 Å². The van der Waals surface area contributed by atoms with E-state index >= 15 is 0 Å². The second kappa shape index (κ2) is 16.3. The van der Waals surface area contributed by atoms with Crippen molar-refractivity contribution in [3.05, 3.63) is 142 Å². The normalized spacial score (nSPS) is 12.0. The predicted octanol–water partition coefficient (Wildman–Crippen LogP) is 8.18. The van der Waals surface area contributed by atoms with Crippen LogP contribution < -0.4 is 5.73 Å². The minimum Gasteiger partial charge on any atom is -0.664 e. The zero-order valence-corrected chi connectivity index (χ0v) is 25.3. The minimum absolute atomic E-state index is 0.0697. The number of amides is 1. The molecule has 0 spiro atoms. The molecule has 0 aliphatic heterocycles. The molecule has 0 bridgehead atoms. The number of nitrogens with one attached hydrogen (secondary N) is 1. The summed E-state index contributed by atoms with van der Waals surface area (Å²) in [5.74, 6) is -0.721. The molecule has 39 heavy (non-hydrogen) atoms. The second-order valence-corrected chi connectivity index (χ2v) is 10.1. The number of aryl methyl sites for hydroxylation is 1. The van der Waals surface area contributed by atoms with E-state index in [2.05, 4.69) is 54.7 Å². The number of halogens is 1. The van der Waals surface area contributed by atoms with Crippen LogP contribution in [0, 0.1) is 6.92 Å². The first-order valence-electron chi connectivity index (χ1n) is 12.2. The maximum atomic E-state index is 11.8. The smallest absolute Gasteiger partial charge is 0.0796 e. The van der Waals surface area contributed by atoms with E-state index in [1.165, 1.54) is 29.3 Å². The molecule has 2 atom stereocenters. The molecule has 205 valence electrons. The summed E-state index contributed by atoms with van der Waals surface area (Å²) >= 11 is 1.82. The molecular weight excluding hydrogens is 617 g/mol. The molecule has 0 heterocycles. The van der Waals surface area contributed by atoms with Gasteiger partial charge in [-0.2, -0.15) is 0 Å². The molecule has 4 aromatic carbocycles. The average molecular weight is 649 g/mol. The molecule has 4 aromatic rings. The molecule has 0 saturated carbocycles. The van der Waals surface area contributed by atoms with Crippen LogP contribution in [0.15, 0.2) is 108 Å². The molecular formula is C31H32ClN2O3RuS. The van der Waals surface area contributed by atoms with E-state index in [4.69, 9.17) is 11.5 Å². The molecule has 4 rings (SSSR count). The number of hydrogen-bond acceptors (Lipinski definition) is 5. The number of hydrogen-bond donors (Lipinski definition) is 1. The fourth-order valence-corrected chi connectivity index (χ4v) is 4.70. The molecule has 0 radical (unpaired) electrons. The van der Waals surface area contributed by atoms with Gasteiger partial charge in [0.05, 0.1) is 5.91 Å². The Labute approximate surface area is 247 Å². The summed E-state index contributed by atoms with van der Waals surface area (Å²) < 4.78 is 23.7. The molecule has 0 saturated heterocycles. The van der Waals surface area contributed by atoms with Crippen molar-refractivity contribution in [1.29, 1.82) is 0 Å². The summed E-state index contributed by atoms with van der Waals surface area (Å²) in [6.45, 7) is 6.54. The van der Waals surface area contributed by atoms with Crippen molar-refractivity contribution in [2.75, 3.05) is 0 Å². The topological polar surface area (TPSA) is 101 Å². The summed E-state index contributed by atoms with van der Waals surface area (Å²) in [6, 6.07) is 31.0. The van der Waals surface area contributed by atoms with Crippen molar-refractivity contribution < 1.29 is 30.5 Å². The van der Waals surface area contributed by atoms with Crippen molar-refractivity contribution in [2.24, 2.45) is 5.73 Å². The molecule has 0 unspecified atom stereocenters. The Bertz CT molecular complexity index is 1390. The van der Waals surface area contributed by atoms with E-state index in [1.54, 1.807) is 0 Å². The van der Waals surface area contributed by atoms with Crippen LogP contribution in [0.25, 0.3) is 5.73 Å². The van der Waals surface area contributed by atoms with Gasteiger partial charge in [-0.25, -0.2) is 0 Å². The Morgan fingerprint density at radius 3 is 1.77 bits per heavy atom. The molecule has 0 aliphatic carbocycles. The Hall–Kier alpha value is -2.83. The standard InChI is InChI=1S/C21H19N2O3S.C10H14.ClH.Ru/c22-20(15-9-5-2-6-10-15)19(14-7-3-1-4-8-14)17-13-16(21(23)24)11-12-18(17)27(25)26;1-8(2)10-6-4-9(3)5-7-10;;/h1-13,19-20H,22H2,(H2,23,24);4-8H,1-3H3;1H;/q-1;;;+3/p-2/t19-,20+;;;/m0.../s1. The largest absolute Gasteiger partial charge is 0.664 e. The second-order valence-electron chi connectivity index (χ2n) is 9.21. The third-order valence-corrected chi connectivity index (χ3v) is 6.96. The number of rotatable bonds is 7. The summed E-state index contributed by atoms with van der Waals surface area (Å²) in [4.78, 5) is 11.6. The van der Waals surface area contributed by atoms with Gasteiger partial charge in [-0.15, -0.1) is 0 Å². The van der Waals surface area contributed by atoms with E-state index in [0.717, 1.165) is 11.1 Å². The Morgan fingerprint density at radius 1 is 0.795 bits per heavy atom. The van der Waals surface area contributed by atoms with Crippen molar-refractivity contribution in [2.45, 2.75) is 43.5 Å². The van der Waals surface area contributed by atoms with Gasteiger partial charge in [0.15, 0.2) is 0 Å². The molecule has 8 heteroatoms. The van der Waals surface area contributed by atoms with E-state index in [9.17, 15) is 13.2 Å². The van der Waals surface area contributed by atoms with Crippen LogP contribution in [0.2, 0.25) is 0 Å². The van der Waals surface area contributed by atoms with Gasteiger partial charge in [-0.1, -0.05) is 133 Å². The van der Waals surface area contributed by atoms with Gasteiger partial charge in [0.2, 0.25) is 0 Å². The fraction of sp³-hybridized carbons (Fsp3) is 0.194. The molecule has 0 aliphatic rings. The number of carbonyl (C=O) groups is 1. The van der Waals surface area contributed by atoms with Crippen LogP contribution in [0.4, 0.5) is 0 Å². The molecule has 0 aromatic heterocycles. The van der Waals surface area contributed by atoms with Crippen molar-refractivity contribution in [3.63, 3.8) is 0 Å². The summed E-state index contributed by atoms with van der Waals surface area (Å²) in [5.41, 5.74) is 18.9. The number of carbonyl (C=O) groups excluding carboxylic acids is 1. The van der Waals surface area contributed by atoms with Crippen LogP contribution >= 0.6 is 9.69 Å². The van der Waals surface area contributed by atoms with Crippen molar-refractivity contribution >= 4 is 26.3 Å². The van der Waals surface area contributed by atoms with E-state index in [1.807, 2.05) is 78.0 Å². The molecule has 1 amide bonds. The maximum Gasteiger partial charge on any atom is 0.0796 e. The summed E-state index contributed by atoms with van der Waals surface area (Å²) in [7, 11) is 2.06. The summed E-state index contributed by atoms with van der Waals surface area (Å²) in [6.07, 6.45) is 0. The monoisotopic (exact) mass is 649 g/mol. The van der Waals surface area contributed by atoms with E-state index in [-0.39, 0.29) is 10.5 Å². The number of nitrogens with two attached hydrogens (primary N) is 1. The Morgan fingerprint density at radius 2 is 1.31 bits per heavy atom. The first-order chi connectivity index (χ1) is 18.7. The maximum absolute atomic E-state index is 11.8. The zero-order chi connectivity index (χ0) is 28.9. The molecule has 5 nitrogen and oxygen atoms in total.